The lowest BCUT2D eigenvalue weighted by Crippen LogP contribution is -2.04. The Hall–Kier alpha value is -2.17. The molecule has 0 amide bonds. The Bertz CT molecular complexity index is 537. The number of methoxy groups -OCH3 is 1. The summed E-state index contributed by atoms with van der Waals surface area (Å²) in [6.07, 6.45) is 3.20. The summed E-state index contributed by atoms with van der Waals surface area (Å²) in [5.41, 5.74) is 8.61. The van der Waals surface area contributed by atoms with Crippen molar-refractivity contribution in [3.8, 4) is 17.1 Å². The fraction of sp³-hybridized carbons (Fsp3) is 0.308. The number of nitrogen functional groups attached to an aromatic ring is 1. The average molecular weight is 244 g/mol. The predicted octanol–water partition coefficient (Wildman–Crippen LogP) is 2.25. The van der Waals surface area contributed by atoms with Crippen molar-refractivity contribution in [1.29, 1.82) is 0 Å². The van der Waals surface area contributed by atoms with E-state index in [1.54, 1.807) is 19.4 Å². The Labute approximate surface area is 106 Å². The summed E-state index contributed by atoms with van der Waals surface area (Å²) < 4.78 is 5.04. The van der Waals surface area contributed by atoms with E-state index in [1.165, 1.54) is 6.33 Å². The van der Waals surface area contributed by atoms with E-state index >= 15 is 0 Å². The molecule has 0 bridgehead atoms. The minimum Gasteiger partial charge on any atom is -0.481 e. The van der Waals surface area contributed by atoms with Crippen LogP contribution in [0.1, 0.15) is 25.3 Å². The number of aromatic nitrogens is 3. The molecule has 5 nitrogen and oxygen atoms in total. The third kappa shape index (κ3) is 2.25. The number of rotatable bonds is 3. The van der Waals surface area contributed by atoms with Crippen molar-refractivity contribution in [3.63, 3.8) is 0 Å². The van der Waals surface area contributed by atoms with Crippen LogP contribution in [-0.4, -0.2) is 22.1 Å². The minimum atomic E-state index is 0.253. The van der Waals surface area contributed by atoms with E-state index in [4.69, 9.17) is 10.5 Å². The molecular formula is C13H16N4O. The Morgan fingerprint density at radius 1 is 1.17 bits per heavy atom. The predicted molar refractivity (Wildman–Crippen MR) is 70.3 cm³/mol. The Morgan fingerprint density at radius 3 is 2.50 bits per heavy atom. The zero-order valence-electron chi connectivity index (χ0n) is 10.7. The van der Waals surface area contributed by atoms with Crippen LogP contribution in [0.2, 0.25) is 0 Å². The second-order valence-electron chi connectivity index (χ2n) is 4.27. The van der Waals surface area contributed by atoms with Crippen LogP contribution in [0, 0.1) is 0 Å². The van der Waals surface area contributed by atoms with E-state index in [2.05, 4.69) is 28.8 Å². The molecule has 94 valence electrons. The topological polar surface area (TPSA) is 73.9 Å². The van der Waals surface area contributed by atoms with Gasteiger partial charge in [-0.15, -0.1) is 0 Å². The van der Waals surface area contributed by atoms with Crippen LogP contribution in [0.15, 0.2) is 24.7 Å². The van der Waals surface area contributed by atoms with Gasteiger partial charge in [-0.3, -0.25) is 0 Å². The molecule has 0 fully saturated rings. The molecule has 2 heterocycles. The highest BCUT2D eigenvalue weighted by atomic mass is 16.5. The largest absolute Gasteiger partial charge is 0.481 e. The standard InChI is InChI=1S/C13H16N4O/c1-8(2)11-12(16-7-17-13(11)14)9-4-5-10(18-3)15-6-9/h4-8H,1-3H3,(H2,14,16,17). The fourth-order valence-electron chi connectivity index (χ4n) is 1.85. The van der Waals surface area contributed by atoms with E-state index in [9.17, 15) is 0 Å². The quantitative estimate of drug-likeness (QED) is 0.896. The Balaban J connectivity index is 2.52. The number of hydrogen-bond donors (Lipinski definition) is 1. The summed E-state index contributed by atoms with van der Waals surface area (Å²) in [5.74, 6) is 1.35. The summed E-state index contributed by atoms with van der Waals surface area (Å²) in [5, 5.41) is 0. The van der Waals surface area contributed by atoms with Gasteiger partial charge in [0.2, 0.25) is 5.88 Å². The summed E-state index contributed by atoms with van der Waals surface area (Å²) in [7, 11) is 1.59. The molecule has 0 aromatic carbocycles. The molecule has 0 aliphatic rings. The average Bonchev–Trinajstić information content (AvgIpc) is 2.38. The van der Waals surface area contributed by atoms with Gasteiger partial charge in [0.1, 0.15) is 12.1 Å². The number of pyridine rings is 1. The summed E-state index contributed by atoms with van der Waals surface area (Å²) in [4.78, 5) is 12.5. The smallest absolute Gasteiger partial charge is 0.212 e. The van der Waals surface area contributed by atoms with Crippen molar-refractivity contribution in [1.82, 2.24) is 15.0 Å². The Kier molecular flexibility index (Phi) is 3.41. The highest BCUT2D eigenvalue weighted by Crippen LogP contribution is 2.30. The van der Waals surface area contributed by atoms with E-state index in [0.717, 1.165) is 16.8 Å². The first kappa shape index (κ1) is 12.3. The van der Waals surface area contributed by atoms with Crippen molar-refractivity contribution >= 4 is 5.82 Å². The van der Waals surface area contributed by atoms with E-state index in [-0.39, 0.29) is 5.92 Å². The van der Waals surface area contributed by atoms with Crippen LogP contribution in [0.25, 0.3) is 11.3 Å². The molecule has 2 aromatic heterocycles. The number of ether oxygens (including phenoxy) is 1. The van der Waals surface area contributed by atoms with Gasteiger partial charge in [0.15, 0.2) is 0 Å². The van der Waals surface area contributed by atoms with Crippen LogP contribution in [0.3, 0.4) is 0 Å². The van der Waals surface area contributed by atoms with Gasteiger partial charge in [0.25, 0.3) is 0 Å². The van der Waals surface area contributed by atoms with E-state index in [0.29, 0.717) is 11.7 Å². The van der Waals surface area contributed by atoms with Gasteiger partial charge in [0, 0.05) is 23.4 Å². The van der Waals surface area contributed by atoms with Gasteiger partial charge in [-0.1, -0.05) is 13.8 Å². The maximum absolute atomic E-state index is 5.92. The fourth-order valence-corrected chi connectivity index (χ4v) is 1.85. The second-order valence-corrected chi connectivity index (χ2v) is 4.27. The molecule has 2 N–H and O–H groups in total. The zero-order chi connectivity index (χ0) is 13.1. The molecule has 5 heteroatoms. The van der Waals surface area contributed by atoms with Crippen LogP contribution in [0.5, 0.6) is 5.88 Å². The van der Waals surface area contributed by atoms with Gasteiger partial charge >= 0.3 is 0 Å². The minimum absolute atomic E-state index is 0.253. The maximum Gasteiger partial charge on any atom is 0.212 e. The third-order valence-electron chi connectivity index (χ3n) is 2.71. The number of nitrogens with zero attached hydrogens (tertiary/aromatic N) is 3. The SMILES string of the molecule is COc1ccc(-c2ncnc(N)c2C(C)C)cn1. The molecule has 0 aliphatic carbocycles. The monoisotopic (exact) mass is 244 g/mol. The zero-order valence-corrected chi connectivity index (χ0v) is 10.7. The normalized spacial score (nSPS) is 10.7. The Morgan fingerprint density at radius 2 is 1.94 bits per heavy atom. The molecule has 2 aromatic rings. The summed E-state index contributed by atoms with van der Waals surface area (Å²) in [6.45, 7) is 4.13. The lowest BCUT2D eigenvalue weighted by Gasteiger charge is -2.13. The maximum atomic E-state index is 5.92. The molecule has 0 aliphatic heterocycles. The molecule has 0 radical (unpaired) electrons. The molecule has 0 saturated carbocycles. The van der Waals surface area contributed by atoms with Crippen LogP contribution >= 0.6 is 0 Å². The van der Waals surface area contributed by atoms with Crippen LogP contribution in [-0.2, 0) is 0 Å². The molecule has 18 heavy (non-hydrogen) atoms. The highest BCUT2D eigenvalue weighted by Gasteiger charge is 2.14. The van der Waals surface area contributed by atoms with Gasteiger partial charge in [-0.05, 0) is 12.0 Å². The third-order valence-corrected chi connectivity index (χ3v) is 2.71. The number of nitrogens with two attached hydrogens (primary N) is 1. The number of hydrogen-bond acceptors (Lipinski definition) is 5. The lowest BCUT2D eigenvalue weighted by atomic mass is 9.98. The molecule has 0 saturated heterocycles. The van der Waals surface area contributed by atoms with Crippen molar-refractivity contribution in [2.45, 2.75) is 19.8 Å². The van der Waals surface area contributed by atoms with Gasteiger partial charge in [-0.2, -0.15) is 0 Å². The van der Waals surface area contributed by atoms with E-state index < -0.39 is 0 Å². The van der Waals surface area contributed by atoms with Gasteiger partial charge in [0.05, 0.1) is 12.8 Å². The van der Waals surface area contributed by atoms with Crippen molar-refractivity contribution in [2.75, 3.05) is 12.8 Å². The second kappa shape index (κ2) is 5.00. The highest BCUT2D eigenvalue weighted by molar-refractivity contribution is 5.67. The van der Waals surface area contributed by atoms with E-state index in [1.807, 2.05) is 6.07 Å². The summed E-state index contributed by atoms with van der Waals surface area (Å²) >= 11 is 0. The number of anilines is 1. The summed E-state index contributed by atoms with van der Waals surface area (Å²) in [6, 6.07) is 3.72. The molecular weight excluding hydrogens is 228 g/mol. The van der Waals surface area contributed by atoms with Crippen LogP contribution < -0.4 is 10.5 Å². The van der Waals surface area contributed by atoms with Crippen LogP contribution in [0.4, 0.5) is 5.82 Å². The molecule has 0 atom stereocenters. The first-order valence-corrected chi connectivity index (χ1v) is 5.74. The first-order valence-electron chi connectivity index (χ1n) is 5.74. The van der Waals surface area contributed by atoms with Gasteiger partial charge < -0.3 is 10.5 Å². The molecule has 2 rings (SSSR count). The lowest BCUT2D eigenvalue weighted by molar-refractivity contribution is 0.398. The first-order chi connectivity index (χ1) is 8.63. The van der Waals surface area contributed by atoms with Crippen molar-refractivity contribution in [3.05, 3.63) is 30.2 Å². The molecule has 0 spiro atoms. The van der Waals surface area contributed by atoms with Gasteiger partial charge in [-0.25, -0.2) is 15.0 Å². The molecule has 0 unspecified atom stereocenters. The van der Waals surface area contributed by atoms with Crippen molar-refractivity contribution in [2.24, 2.45) is 0 Å². The van der Waals surface area contributed by atoms with Crippen molar-refractivity contribution < 1.29 is 4.74 Å².